The van der Waals surface area contributed by atoms with Gasteiger partial charge in [-0.3, -0.25) is 4.79 Å². The number of carbonyl (C=O) groups excluding carboxylic acids is 1. The normalized spacial score (nSPS) is 10.3. The zero-order valence-corrected chi connectivity index (χ0v) is 13.0. The van der Waals surface area contributed by atoms with Gasteiger partial charge in [-0.15, -0.1) is 11.3 Å². The smallest absolute Gasteiger partial charge is 0.274 e. The summed E-state index contributed by atoms with van der Waals surface area (Å²) in [6, 6.07) is 11.1. The quantitative estimate of drug-likeness (QED) is 0.793. The van der Waals surface area contributed by atoms with Gasteiger partial charge in [0.15, 0.2) is 0 Å². The molecule has 0 spiro atoms. The molecule has 2 heterocycles. The molecule has 2 aromatic heterocycles. The molecule has 0 saturated carbocycles. The molecular weight excluding hydrogens is 315 g/mol. The number of aromatic nitrogens is 2. The molecule has 0 aliphatic heterocycles. The third-order valence-corrected chi connectivity index (χ3v) is 4.11. The van der Waals surface area contributed by atoms with Crippen molar-refractivity contribution in [2.75, 3.05) is 17.3 Å². The lowest BCUT2D eigenvalue weighted by molar-refractivity contribution is 0.102. The Balaban J connectivity index is 1.79. The Labute approximate surface area is 136 Å². The van der Waals surface area contributed by atoms with Crippen molar-refractivity contribution in [1.29, 1.82) is 0 Å². The summed E-state index contributed by atoms with van der Waals surface area (Å²) in [6.45, 7) is 0. The second-order valence-corrected chi connectivity index (χ2v) is 5.66. The summed E-state index contributed by atoms with van der Waals surface area (Å²) in [4.78, 5) is 22.3. The maximum absolute atomic E-state index is 12.9. The minimum Gasteiger partial charge on any atom is -0.321 e. The zero-order chi connectivity index (χ0) is 16.2. The van der Waals surface area contributed by atoms with Crippen molar-refractivity contribution in [3.05, 3.63) is 65.7 Å². The predicted molar refractivity (Wildman–Crippen MR) is 88.8 cm³/mol. The van der Waals surface area contributed by atoms with E-state index in [0.29, 0.717) is 11.5 Å². The number of halogens is 1. The van der Waals surface area contributed by atoms with Crippen molar-refractivity contribution < 1.29 is 9.18 Å². The van der Waals surface area contributed by atoms with Crippen LogP contribution in [0.5, 0.6) is 0 Å². The van der Waals surface area contributed by atoms with Crippen LogP contribution in [-0.2, 0) is 0 Å². The van der Waals surface area contributed by atoms with E-state index in [4.69, 9.17) is 0 Å². The molecule has 0 aliphatic rings. The Hall–Kier alpha value is -2.80. The van der Waals surface area contributed by atoms with Gasteiger partial charge in [-0.2, -0.15) is 0 Å². The number of nitrogens with one attached hydrogen (secondary N) is 1. The third kappa shape index (κ3) is 3.51. The molecule has 0 saturated heterocycles. The highest BCUT2D eigenvalue weighted by molar-refractivity contribution is 7.14. The maximum Gasteiger partial charge on any atom is 0.274 e. The van der Waals surface area contributed by atoms with Gasteiger partial charge in [-0.1, -0.05) is 0 Å². The highest BCUT2D eigenvalue weighted by Crippen LogP contribution is 2.26. The lowest BCUT2D eigenvalue weighted by atomic mass is 10.3. The molecule has 7 heteroatoms. The van der Waals surface area contributed by atoms with Crippen molar-refractivity contribution in [1.82, 2.24) is 9.97 Å². The number of hydrogen-bond donors (Lipinski definition) is 1. The molecule has 1 aromatic carbocycles. The van der Waals surface area contributed by atoms with Crippen molar-refractivity contribution in [2.24, 2.45) is 0 Å². The van der Waals surface area contributed by atoms with Gasteiger partial charge in [-0.05, 0) is 41.8 Å². The van der Waals surface area contributed by atoms with Crippen LogP contribution in [0.25, 0.3) is 0 Å². The van der Waals surface area contributed by atoms with E-state index in [1.54, 1.807) is 17.4 Å². The first kappa shape index (κ1) is 15.1. The number of amides is 1. The summed E-state index contributed by atoms with van der Waals surface area (Å²) in [7, 11) is 1.87. The first-order valence-corrected chi connectivity index (χ1v) is 7.67. The molecule has 5 nitrogen and oxygen atoms in total. The molecule has 3 rings (SSSR count). The van der Waals surface area contributed by atoms with Crippen LogP contribution in [-0.4, -0.2) is 22.9 Å². The Morgan fingerprint density at radius 2 is 2.00 bits per heavy atom. The minimum atomic E-state index is -0.375. The largest absolute Gasteiger partial charge is 0.321 e. The van der Waals surface area contributed by atoms with Crippen LogP contribution in [0.3, 0.4) is 0 Å². The second-order valence-electron chi connectivity index (χ2n) is 4.73. The average molecular weight is 328 g/mol. The van der Waals surface area contributed by atoms with Gasteiger partial charge < -0.3 is 10.2 Å². The molecule has 0 bridgehead atoms. The van der Waals surface area contributed by atoms with Crippen LogP contribution in [0.4, 0.5) is 20.9 Å². The predicted octanol–water partition coefficient (Wildman–Crippen LogP) is 3.70. The number of hydrogen-bond acceptors (Lipinski definition) is 5. The fourth-order valence-electron chi connectivity index (χ4n) is 1.96. The molecule has 1 amide bonds. The standard InChI is InChI=1S/C16H13FN4OS/c1-21(15-3-2-8-23-15)14-9-13(18-10-19-14)16(22)20-12-6-4-11(17)5-7-12/h2-10H,1H3,(H,20,22). The van der Waals surface area contributed by atoms with Crippen LogP contribution >= 0.6 is 11.3 Å². The lowest BCUT2D eigenvalue weighted by Gasteiger charge is -2.16. The summed E-state index contributed by atoms with van der Waals surface area (Å²) in [5.74, 6) is -0.114. The third-order valence-electron chi connectivity index (χ3n) is 3.17. The molecule has 3 aromatic rings. The van der Waals surface area contributed by atoms with Crippen molar-refractivity contribution in [2.45, 2.75) is 0 Å². The monoisotopic (exact) mass is 328 g/mol. The summed E-state index contributed by atoms with van der Waals surface area (Å²) in [6.07, 6.45) is 1.35. The van der Waals surface area contributed by atoms with Gasteiger partial charge in [0.25, 0.3) is 5.91 Å². The van der Waals surface area contributed by atoms with E-state index in [9.17, 15) is 9.18 Å². The molecule has 1 N–H and O–H groups in total. The zero-order valence-electron chi connectivity index (χ0n) is 12.2. The van der Waals surface area contributed by atoms with E-state index in [-0.39, 0.29) is 17.4 Å². The topological polar surface area (TPSA) is 58.1 Å². The molecular formula is C16H13FN4OS. The fourth-order valence-corrected chi connectivity index (χ4v) is 2.66. The van der Waals surface area contributed by atoms with Crippen molar-refractivity contribution in [3.8, 4) is 0 Å². The van der Waals surface area contributed by atoms with Gasteiger partial charge in [0.2, 0.25) is 0 Å². The Bertz CT molecular complexity index is 805. The Kier molecular flexibility index (Phi) is 4.29. The van der Waals surface area contributed by atoms with E-state index in [1.807, 2.05) is 29.5 Å². The van der Waals surface area contributed by atoms with Crippen LogP contribution in [0.1, 0.15) is 10.5 Å². The van der Waals surface area contributed by atoms with E-state index in [0.717, 1.165) is 5.00 Å². The maximum atomic E-state index is 12.9. The molecule has 0 radical (unpaired) electrons. The number of carbonyl (C=O) groups is 1. The second kappa shape index (κ2) is 6.53. The Morgan fingerprint density at radius 3 is 2.70 bits per heavy atom. The minimum absolute atomic E-state index is 0.239. The number of anilines is 3. The summed E-state index contributed by atoms with van der Waals surface area (Å²) >= 11 is 1.57. The van der Waals surface area contributed by atoms with Gasteiger partial charge in [0, 0.05) is 18.8 Å². The number of thiophene rings is 1. The summed E-state index contributed by atoms with van der Waals surface area (Å²) in [5.41, 5.74) is 0.742. The van der Waals surface area contributed by atoms with Crippen LogP contribution in [0.2, 0.25) is 0 Å². The molecule has 0 aliphatic carbocycles. The van der Waals surface area contributed by atoms with Crippen molar-refractivity contribution in [3.63, 3.8) is 0 Å². The first-order valence-electron chi connectivity index (χ1n) is 6.80. The number of benzene rings is 1. The molecule has 0 fully saturated rings. The van der Waals surface area contributed by atoms with Gasteiger partial charge >= 0.3 is 0 Å². The first-order chi connectivity index (χ1) is 11.1. The van der Waals surface area contributed by atoms with E-state index < -0.39 is 0 Å². The SMILES string of the molecule is CN(c1cc(C(=O)Nc2ccc(F)cc2)ncn1)c1cccs1. The number of nitrogens with zero attached hydrogens (tertiary/aromatic N) is 3. The number of rotatable bonds is 4. The van der Waals surface area contributed by atoms with Gasteiger partial charge in [-0.25, -0.2) is 14.4 Å². The average Bonchev–Trinajstić information content (AvgIpc) is 3.11. The highest BCUT2D eigenvalue weighted by atomic mass is 32.1. The van der Waals surface area contributed by atoms with Crippen LogP contribution in [0, 0.1) is 5.82 Å². The van der Waals surface area contributed by atoms with E-state index >= 15 is 0 Å². The summed E-state index contributed by atoms with van der Waals surface area (Å²) < 4.78 is 12.9. The fraction of sp³-hybridized carbons (Fsp3) is 0.0625. The molecule has 0 unspecified atom stereocenters. The molecule has 23 heavy (non-hydrogen) atoms. The molecule has 0 atom stereocenters. The van der Waals surface area contributed by atoms with E-state index in [2.05, 4.69) is 15.3 Å². The van der Waals surface area contributed by atoms with E-state index in [1.165, 1.54) is 30.6 Å². The highest BCUT2D eigenvalue weighted by Gasteiger charge is 2.12. The Morgan fingerprint density at radius 1 is 1.22 bits per heavy atom. The van der Waals surface area contributed by atoms with Crippen molar-refractivity contribution >= 4 is 33.8 Å². The van der Waals surface area contributed by atoms with Crippen LogP contribution in [0.15, 0.2) is 54.2 Å². The van der Waals surface area contributed by atoms with Crippen LogP contribution < -0.4 is 10.2 Å². The van der Waals surface area contributed by atoms with Gasteiger partial charge in [0.05, 0.1) is 5.00 Å². The lowest BCUT2D eigenvalue weighted by Crippen LogP contribution is -2.16. The van der Waals surface area contributed by atoms with Gasteiger partial charge in [0.1, 0.15) is 23.7 Å². The molecule has 116 valence electrons. The summed E-state index contributed by atoms with van der Waals surface area (Å²) in [5, 5.41) is 5.65.